The number of hydrogen-bond donors (Lipinski definition) is 1. The lowest BCUT2D eigenvalue weighted by molar-refractivity contribution is 0.0757. The van der Waals surface area contributed by atoms with E-state index in [9.17, 15) is 9.18 Å². The van der Waals surface area contributed by atoms with Crippen LogP contribution >= 0.6 is 11.8 Å². The van der Waals surface area contributed by atoms with Crippen molar-refractivity contribution >= 4 is 28.6 Å². The normalized spacial score (nSPS) is 16.8. The fourth-order valence-electron chi connectivity index (χ4n) is 3.74. The van der Waals surface area contributed by atoms with Crippen LogP contribution < -0.4 is 5.32 Å². The number of rotatable bonds is 6. The van der Waals surface area contributed by atoms with E-state index in [1.54, 1.807) is 12.1 Å². The monoisotopic (exact) mass is 398 g/mol. The van der Waals surface area contributed by atoms with Crippen LogP contribution in [0.5, 0.6) is 0 Å². The molecule has 1 aliphatic heterocycles. The Morgan fingerprint density at radius 1 is 1.25 bits per heavy atom. The number of hydrogen-bond acceptors (Lipinski definition) is 4. The van der Waals surface area contributed by atoms with Crippen LogP contribution in [0, 0.1) is 11.7 Å². The summed E-state index contributed by atoms with van der Waals surface area (Å²) in [7, 11) is 1.93. The predicted octanol–water partition coefficient (Wildman–Crippen LogP) is 4.55. The molecule has 1 aliphatic rings. The molecule has 6 heteroatoms. The van der Waals surface area contributed by atoms with E-state index in [0.717, 1.165) is 37.0 Å². The van der Waals surface area contributed by atoms with Gasteiger partial charge in [0.15, 0.2) is 5.76 Å². The van der Waals surface area contributed by atoms with Gasteiger partial charge in [-0.15, -0.1) is 11.8 Å². The van der Waals surface area contributed by atoms with Gasteiger partial charge in [-0.1, -0.05) is 30.3 Å². The van der Waals surface area contributed by atoms with Crippen LogP contribution in [0.4, 0.5) is 4.39 Å². The number of amides is 1. The van der Waals surface area contributed by atoms with E-state index in [4.69, 9.17) is 4.42 Å². The maximum Gasteiger partial charge on any atom is 0.289 e. The Bertz CT molecular complexity index is 988. The largest absolute Gasteiger partial charge is 0.451 e. The molecule has 2 aromatic carbocycles. The highest BCUT2D eigenvalue weighted by molar-refractivity contribution is 7.98. The molecular formula is C22H23FN2O2S. The quantitative estimate of drug-likeness (QED) is 0.619. The second-order valence-electron chi connectivity index (χ2n) is 7.09. The molecule has 4 rings (SSSR count). The summed E-state index contributed by atoms with van der Waals surface area (Å²) in [5.74, 6) is 1.01. The van der Waals surface area contributed by atoms with Gasteiger partial charge in [-0.05, 0) is 44.1 Å². The SMILES string of the molecule is CNCC1CCN(C(=O)c2oc3ccccc3c2CSc2ccccc2F)C1. The lowest BCUT2D eigenvalue weighted by Crippen LogP contribution is -2.30. The summed E-state index contributed by atoms with van der Waals surface area (Å²) in [6, 6.07) is 14.4. The molecule has 4 nitrogen and oxygen atoms in total. The Balaban J connectivity index is 1.62. The zero-order valence-corrected chi connectivity index (χ0v) is 16.6. The van der Waals surface area contributed by atoms with Crippen LogP contribution in [-0.2, 0) is 5.75 Å². The predicted molar refractivity (Wildman–Crippen MR) is 110 cm³/mol. The molecule has 0 saturated carbocycles. The van der Waals surface area contributed by atoms with Crippen molar-refractivity contribution in [3.8, 4) is 0 Å². The fourth-order valence-corrected chi connectivity index (χ4v) is 4.71. The van der Waals surface area contributed by atoms with Gasteiger partial charge in [0.25, 0.3) is 5.91 Å². The van der Waals surface area contributed by atoms with Crippen molar-refractivity contribution in [3.63, 3.8) is 0 Å². The molecule has 0 bridgehead atoms. The molecule has 1 fully saturated rings. The molecule has 28 heavy (non-hydrogen) atoms. The van der Waals surface area contributed by atoms with Gasteiger partial charge in [0.2, 0.25) is 0 Å². The van der Waals surface area contributed by atoms with E-state index >= 15 is 0 Å². The smallest absolute Gasteiger partial charge is 0.289 e. The number of carbonyl (C=O) groups is 1. The van der Waals surface area contributed by atoms with Crippen molar-refractivity contribution in [1.29, 1.82) is 0 Å². The molecule has 1 N–H and O–H groups in total. The topological polar surface area (TPSA) is 45.5 Å². The Morgan fingerprint density at radius 3 is 2.86 bits per heavy atom. The van der Waals surface area contributed by atoms with Crippen LogP contribution in [0.3, 0.4) is 0 Å². The summed E-state index contributed by atoms with van der Waals surface area (Å²) in [5, 5.41) is 4.10. The van der Waals surface area contributed by atoms with E-state index in [0.29, 0.717) is 27.9 Å². The van der Waals surface area contributed by atoms with Crippen molar-refractivity contribution in [1.82, 2.24) is 10.2 Å². The van der Waals surface area contributed by atoms with Gasteiger partial charge in [-0.2, -0.15) is 0 Å². The third-order valence-electron chi connectivity index (χ3n) is 5.17. The second kappa shape index (κ2) is 8.37. The van der Waals surface area contributed by atoms with Gasteiger partial charge in [0, 0.05) is 34.7 Å². The minimum atomic E-state index is -0.248. The molecule has 0 aliphatic carbocycles. The zero-order chi connectivity index (χ0) is 19.5. The van der Waals surface area contributed by atoms with E-state index in [1.807, 2.05) is 42.3 Å². The lowest BCUT2D eigenvalue weighted by atomic mass is 10.1. The number of fused-ring (bicyclic) bond motifs is 1. The van der Waals surface area contributed by atoms with Gasteiger partial charge >= 0.3 is 0 Å². The molecule has 0 radical (unpaired) electrons. The molecule has 146 valence electrons. The molecule has 1 unspecified atom stereocenters. The van der Waals surface area contributed by atoms with Crippen molar-refractivity contribution in [2.75, 3.05) is 26.7 Å². The van der Waals surface area contributed by atoms with E-state index in [2.05, 4.69) is 5.32 Å². The van der Waals surface area contributed by atoms with E-state index in [-0.39, 0.29) is 11.7 Å². The van der Waals surface area contributed by atoms with Gasteiger partial charge in [0.1, 0.15) is 11.4 Å². The maximum absolute atomic E-state index is 14.0. The Hall–Kier alpha value is -2.31. The standard InChI is InChI=1S/C22H23FN2O2S/c1-24-12-15-10-11-25(13-15)22(26)21-17(16-6-2-4-8-19(16)27-21)14-28-20-9-5-3-7-18(20)23/h2-9,15,24H,10-14H2,1H3. The van der Waals surface area contributed by atoms with E-state index < -0.39 is 0 Å². The van der Waals surface area contributed by atoms with Crippen LogP contribution in [-0.4, -0.2) is 37.5 Å². The van der Waals surface area contributed by atoms with Gasteiger partial charge < -0.3 is 14.6 Å². The number of halogens is 1. The van der Waals surface area contributed by atoms with Gasteiger partial charge in [-0.3, -0.25) is 4.79 Å². The van der Waals surface area contributed by atoms with Gasteiger partial charge in [0.05, 0.1) is 0 Å². The zero-order valence-electron chi connectivity index (χ0n) is 15.8. The van der Waals surface area contributed by atoms with Crippen molar-refractivity contribution in [2.24, 2.45) is 5.92 Å². The third kappa shape index (κ3) is 3.80. The molecule has 1 atom stereocenters. The summed E-state index contributed by atoms with van der Waals surface area (Å²) < 4.78 is 20.0. The molecule has 0 spiro atoms. The summed E-state index contributed by atoms with van der Waals surface area (Å²) in [6.07, 6.45) is 0.992. The molecule has 1 saturated heterocycles. The number of carbonyl (C=O) groups excluding carboxylic acids is 1. The highest BCUT2D eigenvalue weighted by atomic mass is 32.2. The Morgan fingerprint density at radius 2 is 2.04 bits per heavy atom. The number of likely N-dealkylation sites (tertiary alicyclic amines) is 1. The number of nitrogens with one attached hydrogen (secondary N) is 1. The first-order valence-corrected chi connectivity index (χ1v) is 10.5. The third-order valence-corrected chi connectivity index (χ3v) is 6.24. The second-order valence-corrected chi connectivity index (χ2v) is 8.11. The van der Waals surface area contributed by atoms with Crippen molar-refractivity contribution in [2.45, 2.75) is 17.1 Å². The van der Waals surface area contributed by atoms with Crippen LogP contribution in [0.2, 0.25) is 0 Å². The fraction of sp³-hybridized carbons (Fsp3) is 0.318. The number of para-hydroxylation sites is 1. The average molecular weight is 399 g/mol. The summed E-state index contributed by atoms with van der Waals surface area (Å²) in [6.45, 7) is 2.37. The highest BCUT2D eigenvalue weighted by Crippen LogP contribution is 2.34. The average Bonchev–Trinajstić information content (AvgIpc) is 3.32. The van der Waals surface area contributed by atoms with E-state index in [1.165, 1.54) is 17.8 Å². The number of thioether (sulfide) groups is 1. The number of furan rings is 1. The number of nitrogens with zero attached hydrogens (tertiary/aromatic N) is 1. The Labute approximate surface area is 168 Å². The molecule has 2 heterocycles. The van der Waals surface area contributed by atoms with Crippen LogP contribution in [0.25, 0.3) is 11.0 Å². The van der Waals surface area contributed by atoms with Crippen LogP contribution in [0.1, 0.15) is 22.5 Å². The summed E-state index contributed by atoms with van der Waals surface area (Å²) >= 11 is 1.39. The van der Waals surface area contributed by atoms with Crippen molar-refractivity contribution < 1.29 is 13.6 Å². The highest BCUT2D eigenvalue weighted by Gasteiger charge is 2.30. The Kier molecular flexibility index (Phi) is 5.69. The first-order valence-electron chi connectivity index (χ1n) is 9.49. The molecule has 3 aromatic rings. The first-order chi connectivity index (χ1) is 13.7. The minimum Gasteiger partial charge on any atom is -0.451 e. The summed E-state index contributed by atoms with van der Waals surface area (Å²) in [5.41, 5.74) is 1.53. The van der Waals surface area contributed by atoms with Crippen molar-refractivity contribution in [3.05, 3.63) is 65.7 Å². The molecular weight excluding hydrogens is 375 g/mol. The molecule has 1 aromatic heterocycles. The number of benzene rings is 2. The lowest BCUT2D eigenvalue weighted by Gasteiger charge is -2.16. The minimum absolute atomic E-state index is 0.0704. The van der Waals surface area contributed by atoms with Crippen LogP contribution in [0.15, 0.2) is 57.8 Å². The maximum atomic E-state index is 14.0. The molecule has 1 amide bonds. The summed E-state index contributed by atoms with van der Waals surface area (Å²) in [4.78, 5) is 15.6. The first kappa shape index (κ1) is 19.0. The van der Waals surface area contributed by atoms with Gasteiger partial charge in [-0.25, -0.2) is 4.39 Å².